The van der Waals surface area contributed by atoms with E-state index in [9.17, 15) is 27.0 Å². The van der Waals surface area contributed by atoms with Crippen LogP contribution in [0.15, 0.2) is 189 Å². The summed E-state index contributed by atoms with van der Waals surface area (Å²) < 4.78 is 79.5. The second-order valence-corrected chi connectivity index (χ2v) is 19.2. The van der Waals surface area contributed by atoms with Crippen LogP contribution in [0.25, 0.3) is 0 Å². The maximum Gasteiger partial charge on any atom is 0.210 e. The highest BCUT2D eigenvalue weighted by Gasteiger charge is 2.24. The monoisotopic (exact) mass is 890 g/mol. The minimum Gasteiger partial charge on any atom is -0.457 e. The van der Waals surface area contributed by atoms with Crippen LogP contribution in [0, 0.1) is 23.7 Å². The van der Waals surface area contributed by atoms with Gasteiger partial charge in [-0.05, 0) is 155 Å². The van der Waals surface area contributed by atoms with Gasteiger partial charge in [-0.3, -0.25) is 0 Å². The number of para-hydroxylation sites is 2. The first kappa shape index (κ1) is 44.7. The van der Waals surface area contributed by atoms with Crippen LogP contribution < -0.4 is 18.9 Å². The zero-order chi connectivity index (χ0) is 45.5. The Morgan fingerprint density at radius 3 is 1.23 bits per heavy atom. The average molecular weight is 891 g/mol. The van der Waals surface area contributed by atoms with E-state index >= 15 is 0 Å². The Morgan fingerprint density at radius 1 is 0.391 bits per heavy atom. The lowest BCUT2D eigenvalue weighted by molar-refractivity contribution is 0.143. The fourth-order valence-corrected chi connectivity index (χ4v) is 8.72. The molecule has 2 N–H and O–H groups in total. The summed E-state index contributed by atoms with van der Waals surface area (Å²) in [6.45, 7) is 6.35. The summed E-state index contributed by atoms with van der Waals surface area (Å²) in [6, 6.07) is 45.1. The molecule has 0 aromatic heterocycles. The van der Waals surface area contributed by atoms with Gasteiger partial charge in [-0.25, -0.2) is 16.8 Å². The Labute approximate surface area is 373 Å². The molecule has 10 nitrogen and oxygen atoms in total. The Kier molecular flexibility index (Phi) is 13.0. The van der Waals surface area contributed by atoms with Crippen molar-refractivity contribution >= 4 is 19.7 Å². The second kappa shape index (κ2) is 18.6. The fourth-order valence-electron chi connectivity index (χ4n) is 5.96. The molecule has 0 fully saturated rings. The Morgan fingerprint density at radius 2 is 0.766 bits per heavy atom. The van der Waals surface area contributed by atoms with Gasteiger partial charge in [0.05, 0.1) is 9.79 Å². The van der Waals surface area contributed by atoms with Crippen LogP contribution in [0.1, 0.15) is 38.8 Å². The predicted octanol–water partition coefficient (Wildman–Crippen LogP) is 10.8. The van der Waals surface area contributed by atoms with Gasteiger partial charge in [-0.2, -0.15) is 0 Å². The highest BCUT2D eigenvalue weighted by atomic mass is 32.2. The van der Waals surface area contributed by atoms with Crippen molar-refractivity contribution < 1.29 is 46.0 Å². The van der Waals surface area contributed by atoms with Crippen molar-refractivity contribution in [2.24, 2.45) is 0 Å². The first-order valence-corrected chi connectivity index (χ1v) is 22.8. The maximum absolute atomic E-state index is 13.9. The third-order valence-electron chi connectivity index (χ3n) is 8.99. The molecule has 0 aliphatic carbocycles. The fraction of sp³-hybridized carbons (Fsp3) is 0.115. The van der Waals surface area contributed by atoms with Gasteiger partial charge in [0, 0.05) is 17.2 Å². The Bertz CT molecular complexity index is 3140. The van der Waals surface area contributed by atoms with Crippen molar-refractivity contribution in [3.63, 3.8) is 0 Å². The maximum atomic E-state index is 13.9. The van der Waals surface area contributed by atoms with Crippen LogP contribution in [0.2, 0.25) is 0 Å². The van der Waals surface area contributed by atoms with Gasteiger partial charge in [0.25, 0.3) is 0 Å². The Balaban J connectivity index is 1.00. The molecule has 0 aliphatic rings. The smallest absolute Gasteiger partial charge is 0.210 e. The standard InChI is InChI=1S/C52H42O10S2/c1-51(2,53)33-31-37-19-21-41(22-20-37)61-47-15-5-7-17-49(47)63(55,56)45-27-23-39(24-28-45)59-43-13-10-14-44(36-43)60-40-25-29-46(30-26-40)64(57,58)50-18-8-6-16-48(50)62-42-12-9-11-38(35-42)32-34-52(3,4)54/h5-30,35-36,53-54H,1-4H3. The molecule has 0 amide bonds. The molecule has 7 aromatic rings. The van der Waals surface area contributed by atoms with Crippen LogP contribution in [0.5, 0.6) is 46.0 Å². The zero-order valence-corrected chi connectivity index (χ0v) is 36.8. The molecule has 64 heavy (non-hydrogen) atoms. The van der Waals surface area contributed by atoms with Crippen LogP contribution in [0.3, 0.4) is 0 Å². The minimum absolute atomic E-state index is 0.0165. The molecule has 0 bridgehead atoms. The van der Waals surface area contributed by atoms with Gasteiger partial charge in [0.15, 0.2) is 0 Å². The number of ether oxygens (including phenoxy) is 4. The summed E-state index contributed by atoms with van der Waals surface area (Å²) in [5.41, 5.74) is -1.05. The van der Waals surface area contributed by atoms with E-state index in [-0.39, 0.29) is 31.1 Å². The van der Waals surface area contributed by atoms with E-state index in [4.69, 9.17) is 18.9 Å². The predicted molar refractivity (Wildman–Crippen MR) is 243 cm³/mol. The third kappa shape index (κ3) is 11.6. The van der Waals surface area contributed by atoms with E-state index < -0.39 is 30.9 Å². The van der Waals surface area contributed by atoms with Crippen molar-refractivity contribution in [2.75, 3.05) is 0 Å². The van der Waals surface area contributed by atoms with Crippen molar-refractivity contribution in [3.05, 3.63) is 181 Å². The quantitative estimate of drug-likeness (QED) is 0.114. The van der Waals surface area contributed by atoms with Gasteiger partial charge in [0.2, 0.25) is 19.7 Å². The number of benzene rings is 7. The molecular weight excluding hydrogens is 849 g/mol. The summed E-state index contributed by atoms with van der Waals surface area (Å²) in [6.07, 6.45) is 0. The number of aliphatic hydroxyl groups is 2. The van der Waals surface area contributed by atoms with E-state index in [0.717, 1.165) is 0 Å². The normalized spacial score (nSPS) is 11.6. The molecule has 0 radical (unpaired) electrons. The van der Waals surface area contributed by atoms with E-state index in [1.165, 1.54) is 36.4 Å². The number of hydrogen-bond acceptors (Lipinski definition) is 10. The average Bonchev–Trinajstić information content (AvgIpc) is 3.26. The minimum atomic E-state index is -4.03. The molecule has 7 aromatic carbocycles. The molecule has 0 atom stereocenters. The lowest BCUT2D eigenvalue weighted by Crippen LogP contribution is -2.14. The first-order chi connectivity index (χ1) is 30.4. The highest BCUT2D eigenvalue weighted by molar-refractivity contribution is 7.92. The van der Waals surface area contributed by atoms with Gasteiger partial charge in [0.1, 0.15) is 67.0 Å². The molecular formula is C52H42O10S2. The molecule has 322 valence electrons. The van der Waals surface area contributed by atoms with Crippen LogP contribution in [-0.2, 0) is 19.7 Å². The van der Waals surface area contributed by atoms with Crippen molar-refractivity contribution in [2.45, 2.75) is 58.5 Å². The first-order valence-electron chi connectivity index (χ1n) is 19.8. The molecule has 0 unspecified atom stereocenters. The summed E-state index contributed by atoms with van der Waals surface area (Å²) in [5, 5.41) is 19.8. The molecule has 0 saturated heterocycles. The van der Waals surface area contributed by atoms with Crippen LogP contribution in [-0.4, -0.2) is 38.3 Å². The number of rotatable bonds is 12. The molecule has 12 heteroatoms. The molecule has 0 spiro atoms. The molecule has 0 aliphatic heterocycles. The van der Waals surface area contributed by atoms with Gasteiger partial charge < -0.3 is 29.2 Å². The summed E-state index contributed by atoms with van der Waals surface area (Å²) in [7, 11) is -8.04. The van der Waals surface area contributed by atoms with E-state index in [0.29, 0.717) is 45.6 Å². The lowest BCUT2D eigenvalue weighted by Gasteiger charge is -2.13. The number of hydrogen-bond donors (Lipinski definition) is 2. The van der Waals surface area contributed by atoms with Gasteiger partial charge >= 0.3 is 0 Å². The molecule has 0 heterocycles. The summed E-state index contributed by atoms with van der Waals surface area (Å²) >= 11 is 0. The van der Waals surface area contributed by atoms with Crippen molar-refractivity contribution in [1.82, 2.24) is 0 Å². The molecule has 7 rings (SSSR count). The molecule has 0 saturated carbocycles. The van der Waals surface area contributed by atoms with E-state index in [1.807, 2.05) is 0 Å². The van der Waals surface area contributed by atoms with Crippen LogP contribution >= 0.6 is 0 Å². The second-order valence-electron chi connectivity index (χ2n) is 15.4. The van der Waals surface area contributed by atoms with E-state index in [1.54, 1.807) is 161 Å². The number of sulfone groups is 2. The largest absolute Gasteiger partial charge is 0.457 e. The van der Waals surface area contributed by atoms with Crippen LogP contribution in [0.4, 0.5) is 0 Å². The topological polar surface area (TPSA) is 146 Å². The zero-order valence-electron chi connectivity index (χ0n) is 35.1. The Hall–Kier alpha value is -7.32. The highest BCUT2D eigenvalue weighted by Crippen LogP contribution is 2.36. The van der Waals surface area contributed by atoms with Gasteiger partial charge in [-0.15, -0.1) is 0 Å². The van der Waals surface area contributed by atoms with Gasteiger partial charge in [-0.1, -0.05) is 60.1 Å². The van der Waals surface area contributed by atoms with Crippen molar-refractivity contribution in [1.29, 1.82) is 0 Å². The third-order valence-corrected chi connectivity index (χ3v) is 12.6. The summed E-state index contributed by atoms with van der Waals surface area (Å²) in [5.74, 6) is 13.9. The van der Waals surface area contributed by atoms with E-state index in [2.05, 4.69) is 23.7 Å². The lowest BCUT2D eigenvalue weighted by atomic mass is 10.1. The van der Waals surface area contributed by atoms with Crippen molar-refractivity contribution in [3.8, 4) is 69.7 Å². The SMILES string of the molecule is CC(C)(O)C#Cc1ccc(Oc2ccccc2S(=O)(=O)c2ccc(Oc3cccc(Oc4ccc(S(=O)(=O)c5ccccc5Oc5cccc(C#CC(C)(C)O)c5)cc4)c3)cc2)cc1. The summed E-state index contributed by atoms with van der Waals surface area (Å²) in [4.78, 5) is 0.0170.